The van der Waals surface area contributed by atoms with Crippen molar-refractivity contribution in [1.82, 2.24) is 10.1 Å². The Kier molecular flexibility index (Phi) is 5.47. The third kappa shape index (κ3) is 3.39. The lowest BCUT2D eigenvalue weighted by atomic mass is 9.77. The lowest BCUT2D eigenvalue weighted by Gasteiger charge is -2.34. The van der Waals surface area contributed by atoms with Gasteiger partial charge in [-0.2, -0.15) is 4.98 Å². The number of para-hydroxylation sites is 1. The first kappa shape index (κ1) is 20.3. The van der Waals surface area contributed by atoms with Crippen LogP contribution in [0.4, 0.5) is 5.69 Å². The zero-order valence-corrected chi connectivity index (χ0v) is 16.9. The van der Waals surface area contributed by atoms with E-state index >= 15 is 0 Å². The van der Waals surface area contributed by atoms with E-state index in [0.29, 0.717) is 17.1 Å². The van der Waals surface area contributed by atoms with Crippen LogP contribution < -0.4 is 10.0 Å². The Morgan fingerprint density at radius 1 is 1.07 bits per heavy atom. The number of hydrogen-bond donors (Lipinski definition) is 1. The minimum absolute atomic E-state index is 0. The maximum atomic E-state index is 13.2. The molecule has 1 aliphatic carbocycles. The minimum Gasteiger partial charge on any atom is -0.334 e. The predicted octanol–water partition coefficient (Wildman–Crippen LogP) is 3.32. The monoisotopic (exact) mass is 420 g/mol. The molecule has 2 aromatic carbocycles. The molecule has 28 heavy (non-hydrogen) atoms. The van der Waals surface area contributed by atoms with Crippen LogP contribution in [0.3, 0.4) is 0 Å². The van der Waals surface area contributed by atoms with Crippen LogP contribution in [0.15, 0.2) is 64.0 Å². The summed E-state index contributed by atoms with van der Waals surface area (Å²) in [6.07, 6.45) is 2.61. The van der Waals surface area contributed by atoms with E-state index in [-0.39, 0.29) is 23.2 Å². The molecule has 1 saturated carbocycles. The topological polar surface area (TPSA) is 102 Å². The fraction of sp³-hybridized carbons (Fsp3) is 0.263. The van der Waals surface area contributed by atoms with E-state index in [1.165, 1.54) is 17.4 Å². The van der Waals surface area contributed by atoms with Gasteiger partial charge in [-0.05, 0) is 43.5 Å². The standard InChI is InChI=1S/C19H20N4O3S.ClH/c1-23(14-8-3-2-4-9-14)27(24,25)16-11-6-5-10-15(16)17-21-18(22-26-17)19(20)12-7-13-19;/h2-6,8-11H,7,12-13,20H2,1H3;1H. The number of nitrogens with two attached hydrogens (primary N) is 1. The van der Waals surface area contributed by atoms with Crippen molar-refractivity contribution < 1.29 is 12.9 Å². The Hall–Kier alpha value is -2.42. The van der Waals surface area contributed by atoms with Crippen molar-refractivity contribution in [3.63, 3.8) is 0 Å². The van der Waals surface area contributed by atoms with Gasteiger partial charge < -0.3 is 10.3 Å². The van der Waals surface area contributed by atoms with E-state index in [9.17, 15) is 8.42 Å². The van der Waals surface area contributed by atoms with Crippen LogP contribution in [0.25, 0.3) is 11.5 Å². The molecular formula is C19H21ClN4O3S. The van der Waals surface area contributed by atoms with Crippen molar-refractivity contribution in [2.45, 2.75) is 29.7 Å². The van der Waals surface area contributed by atoms with Crippen molar-refractivity contribution in [3.05, 3.63) is 60.4 Å². The normalized spacial score (nSPS) is 15.4. The van der Waals surface area contributed by atoms with Crippen LogP contribution in [-0.2, 0) is 15.6 Å². The Balaban J connectivity index is 0.00000225. The molecule has 0 radical (unpaired) electrons. The van der Waals surface area contributed by atoms with Crippen molar-refractivity contribution >= 4 is 28.1 Å². The van der Waals surface area contributed by atoms with Crippen molar-refractivity contribution in [2.75, 3.05) is 11.4 Å². The molecule has 9 heteroatoms. The molecule has 148 valence electrons. The molecule has 1 aliphatic rings. The van der Waals surface area contributed by atoms with Gasteiger partial charge >= 0.3 is 0 Å². The van der Waals surface area contributed by atoms with E-state index in [1.807, 2.05) is 6.07 Å². The van der Waals surface area contributed by atoms with Gasteiger partial charge in [0.15, 0.2) is 5.82 Å². The summed E-state index contributed by atoms with van der Waals surface area (Å²) >= 11 is 0. The number of nitrogens with zero attached hydrogens (tertiary/aromatic N) is 3. The van der Waals surface area contributed by atoms with Gasteiger partial charge in [-0.1, -0.05) is 35.5 Å². The summed E-state index contributed by atoms with van der Waals surface area (Å²) < 4.78 is 33.0. The maximum absolute atomic E-state index is 13.2. The van der Waals surface area contributed by atoms with Crippen molar-refractivity contribution in [2.24, 2.45) is 5.73 Å². The first-order chi connectivity index (χ1) is 12.9. The number of rotatable bonds is 5. The Bertz CT molecular complexity index is 1070. The average Bonchev–Trinajstić information content (AvgIpc) is 3.16. The molecule has 1 aromatic heterocycles. The summed E-state index contributed by atoms with van der Waals surface area (Å²) in [5.41, 5.74) is 6.61. The van der Waals surface area contributed by atoms with Crippen molar-refractivity contribution in [3.8, 4) is 11.5 Å². The molecule has 0 unspecified atom stereocenters. The van der Waals surface area contributed by atoms with Crippen LogP contribution in [-0.4, -0.2) is 25.6 Å². The van der Waals surface area contributed by atoms with Gasteiger partial charge in [0.05, 0.1) is 16.8 Å². The molecule has 2 N–H and O–H groups in total. The van der Waals surface area contributed by atoms with E-state index in [0.717, 1.165) is 19.3 Å². The zero-order chi connectivity index (χ0) is 19.1. The van der Waals surface area contributed by atoms with Gasteiger partial charge in [0.1, 0.15) is 4.90 Å². The largest absolute Gasteiger partial charge is 0.334 e. The Morgan fingerprint density at radius 3 is 2.36 bits per heavy atom. The van der Waals surface area contributed by atoms with Gasteiger partial charge in [-0.3, -0.25) is 4.31 Å². The molecule has 4 rings (SSSR count). The third-order valence-corrected chi connectivity index (χ3v) is 6.84. The third-order valence-electron chi connectivity index (χ3n) is 4.99. The van der Waals surface area contributed by atoms with E-state index in [4.69, 9.17) is 10.3 Å². The first-order valence-electron chi connectivity index (χ1n) is 8.68. The highest BCUT2D eigenvalue weighted by Crippen LogP contribution is 2.38. The van der Waals surface area contributed by atoms with E-state index in [1.54, 1.807) is 42.5 Å². The second-order valence-electron chi connectivity index (χ2n) is 6.74. The molecule has 1 heterocycles. The summed E-state index contributed by atoms with van der Waals surface area (Å²) in [7, 11) is -2.30. The average molecular weight is 421 g/mol. The van der Waals surface area contributed by atoms with Crippen LogP contribution in [0.2, 0.25) is 0 Å². The quantitative estimate of drug-likeness (QED) is 0.679. The second-order valence-corrected chi connectivity index (χ2v) is 8.67. The van der Waals surface area contributed by atoms with Crippen LogP contribution in [0.1, 0.15) is 25.1 Å². The highest BCUT2D eigenvalue weighted by atomic mass is 35.5. The molecule has 0 atom stereocenters. The lowest BCUT2D eigenvalue weighted by molar-refractivity contribution is 0.229. The van der Waals surface area contributed by atoms with E-state index in [2.05, 4.69) is 10.1 Å². The molecule has 0 spiro atoms. The molecule has 7 nitrogen and oxygen atoms in total. The SMILES string of the molecule is CN(c1ccccc1)S(=O)(=O)c1ccccc1-c1nc(C2(N)CCC2)no1.Cl. The Labute approximate surface area is 170 Å². The molecule has 0 aliphatic heterocycles. The molecular weight excluding hydrogens is 400 g/mol. The first-order valence-corrected chi connectivity index (χ1v) is 10.1. The highest BCUT2D eigenvalue weighted by Gasteiger charge is 2.39. The summed E-state index contributed by atoms with van der Waals surface area (Å²) in [5, 5.41) is 3.99. The fourth-order valence-electron chi connectivity index (χ4n) is 3.11. The Morgan fingerprint density at radius 2 is 1.71 bits per heavy atom. The summed E-state index contributed by atoms with van der Waals surface area (Å²) in [5.74, 6) is 0.578. The summed E-state index contributed by atoms with van der Waals surface area (Å²) in [4.78, 5) is 4.50. The molecule has 0 amide bonds. The molecule has 1 fully saturated rings. The smallest absolute Gasteiger partial charge is 0.264 e. The molecule has 0 bridgehead atoms. The van der Waals surface area contributed by atoms with Gasteiger partial charge in [-0.25, -0.2) is 8.42 Å². The van der Waals surface area contributed by atoms with Gasteiger partial charge in [0.25, 0.3) is 15.9 Å². The highest BCUT2D eigenvalue weighted by molar-refractivity contribution is 7.93. The number of hydrogen-bond acceptors (Lipinski definition) is 6. The van der Waals surface area contributed by atoms with Crippen LogP contribution in [0.5, 0.6) is 0 Å². The summed E-state index contributed by atoms with van der Waals surface area (Å²) in [6, 6.07) is 15.5. The van der Waals surface area contributed by atoms with Crippen LogP contribution in [0, 0.1) is 0 Å². The van der Waals surface area contributed by atoms with E-state index < -0.39 is 15.6 Å². The number of halogens is 1. The summed E-state index contributed by atoms with van der Waals surface area (Å²) in [6.45, 7) is 0. The molecule has 0 saturated heterocycles. The number of aromatic nitrogens is 2. The predicted molar refractivity (Wildman–Crippen MR) is 109 cm³/mol. The molecule has 3 aromatic rings. The second kappa shape index (κ2) is 7.54. The minimum atomic E-state index is -3.81. The number of sulfonamides is 1. The van der Waals surface area contributed by atoms with Crippen LogP contribution >= 0.6 is 12.4 Å². The van der Waals surface area contributed by atoms with Gasteiger partial charge in [0.2, 0.25) is 0 Å². The zero-order valence-electron chi connectivity index (χ0n) is 15.3. The maximum Gasteiger partial charge on any atom is 0.264 e. The number of benzene rings is 2. The van der Waals surface area contributed by atoms with Gasteiger partial charge in [0, 0.05) is 7.05 Å². The van der Waals surface area contributed by atoms with Crippen molar-refractivity contribution in [1.29, 1.82) is 0 Å². The lowest BCUT2D eigenvalue weighted by Crippen LogP contribution is -2.44. The fourth-order valence-corrected chi connectivity index (χ4v) is 4.49. The van der Waals surface area contributed by atoms with Gasteiger partial charge in [-0.15, -0.1) is 12.4 Å². The number of anilines is 1.